The molecule has 2 heterocycles. The minimum absolute atomic E-state index is 0.0342. The molecule has 0 unspecified atom stereocenters. The van der Waals surface area contributed by atoms with Crippen LogP contribution in [0.25, 0.3) is 0 Å². The quantitative estimate of drug-likeness (QED) is 0.733. The summed E-state index contributed by atoms with van der Waals surface area (Å²) in [5, 5.41) is 20.4. The Morgan fingerprint density at radius 1 is 1.60 bits per heavy atom. The number of aromatic nitrogens is 1. The number of sulfonamides is 1. The molecule has 20 heavy (non-hydrogen) atoms. The predicted molar refractivity (Wildman–Crippen MR) is 67.1 cm³/mol. The van der Waals surface area contributed by atoms with Gasteiger partial charge in [-0.2, -0.15) is 9.57 Å². The van der Waals surface area contributed by atoms with Crippen LogP contribution in [-0.2, 0) is 14.8 Å². The number of nitriles is 1. The van der Waals surface area contributed by atoms with Crippen LogP contribution in [0, 0.1) is 11.3 Å². The summed E-state index contributed by atoms with van der Waals surface area (Å²) < 4.78 is 25.8. The molecule has 0 spiro atoms. The van der Waals surface area contributed by atoms with Gasteiger partial charge < -0.3 is 10.4 Å². The fraction of sp³-hybridized carbons (Fsp3) is 0.364. The van der Waals surface area contributed by atoms with E-state index in [1.165, 1.54) is 12.3 Å². The number of aliphatic carboxylic acids is 1. The normalized spacial score (nSPS) is 20.2. The highest BCUT2D eigenvalue weighted by Crippen LogP contribution is 2.18. The van der Waals surface area contributed by atoms with Crippen molar-refractivity contribution in [3.8, 4) is 6.07 Å². The standard InChI is InChI=1S/C11H12N4O4S/c12-6-8-1-2-14-10(5-8)20(18,19)15-4-3-13-7-9(15)11(16)17/h1-2,5,9,13H,3-4,7H2,(H,16,17)/t9-/m0/s1. The van der Waals surface area contributed by atoms with E-state index in [2.05, 4.69) is 10.3 Å². The second-order valence-corrected chi connectivity index (χ2v) is 6.01. The molecule has 1 aliphatic heterocycles. The topological polar surface area (TPSA) is 123 Å². The van der Waals surface area contributed by atoms with Crippen LogP contribution in [-0.4, -0.2) is 54.5 Å². The van der Waals surface area contributed by atoms with Crippen LogP contribution in [0.3, 0.4) is 0 Å². The number of rotatable bonds is 3. The van der Waals surface area contributed by atoms with Gasteiger partial charge in [0, 0.05) is 25.8 Å². The van der Waals surface area contributed by atoms with Crippen LogP contribution in [0.2, 0.25) is 0 Å². The average Bonchev–Trinajstić information content (AvgIpc) is 2.47. The molecular formula is C11H12N4O4S. The zero-order valence-corrected chi connectivity index (χ0v) is 11.2. The van der Waals surface area contributed by atoms with Crippen molar-refractivity contribution >= 4 is 16.0 Å². The Morgan fingerprint density at radius 2 is 2.35 bits per heavy atom. The summed E-state index contributed by atoms with van der Waals surface area (Å²) in [7, 11) is -4.04. The van der Waals surface area contributed by atoms with Crippen LogP contribution < -0.4 is 5.32 Å². The van der Waals surface area contributed by atoms with Gasteiger partial charge in [-0.15, -0.1) is 0 Å². The molecule has 1 aliphatic rings. The Bertz CT molecular complexity index is 667. The van der Waals surface area contributed by atoms with E-state index in [4.69, 9.17) is 10.4 Å². The van der Waals surface area contributed by atoms with Gasteiger partial charge in [0.1, 0.15) is 6.04 Å². The molecule has 2 rings (SSSR count). The lowest BCUT2D eigenvalue weighted by Gasteiger charge is -2.31. The first-order valence-electron chi connectivity index (χ1n) is 5.78. The molecule has 0 bridgehead atoms. The molecule has 2 N–H and O–H groups in total. The lowest BCUT2D eigenvalue weighted by molar-refractivity contribution is -0.141. The first-order valence-corrected chi connectivity index (χ1v) is 7.22. The Kier molecular flexibility index (Phi) is 3.99. The van der Waals surface area contributed by atoms with E-state index in [1.807, 2.05) is 6.07 Å². The second-order valence-electron chi connectivity index (χ2n) is 4.17. The van der Waals surface area contributed by atoms with Gasteiger partial charge in [0.05, 0.1) is 11.6 Å². The van der Waals surface area contributed by atoms with E-state index in [1.54, 1.807) is 0 Å². The first kappa shape index (κ1) is 14.4. The molecule has 1 saturated heterocycles. The molecule has 1 fully saturated rings. The Morgan fingerprint density at radius 3 is 3.00 bits per heavy atom. The van der Waals surface area contributed by atoms with Crippen molar-refractivity contribution in [3.63, 3.8) is 0 Å². The van der Waals surface area contributed by atoms with Gasteiger partial charge >= 0.3 is 5.97 Å². The van der Waals surface area contributed by atoms with Gasteiger partial charge in [0.25, 0.3) is 10.0 Å². The van der Waals surface area contributed by atoms with Crippen LogP contribution in [0.5, 0.6) is 0 Å². The molecule has 8 nitrogen and oxygen atoms in total. The van der Waals surface area contributed by atoms with Gasteiger partial charge in [-0.05, 0) is 12.1 Å². The number of nitrogens with one attached hydrogen (secondary N) is 1. The van der Waals surface area contributed by atoms with Crippen LogP contribution >= 0.6 is 0 Å². The van der Waals surface area contributed by atoms with Crippen molar-refractivity contribution < 1.29 is 18.3 Å². The summed E-state index contributed by atoms with van der Waals surface area (Å²) in [5.74, 6) is -1.22. The number of carboxylic acid groups (broad SMARTS) is 1. The third-order valence-electron chi connectivity index (χ3n) is 2.92. The zero-order valence-electron chi connectivity index (χ0n) is 10.4. The Hall–Kier alpha value is -2.02. The Labute approximate surface area is 115 Å². The number of nitrogens with zero attached hydrogens (tertiary/aromatic N) is 3. The lowest BCUT2D eigenvalue weighted by atomic mass is 10.2. The van der Waals surface area contributed by atoms with Crippen molar-refractivity contribution in [1.82, 2.24) is 14.6 Å². The van der Waals surface area contributed by atoms with Crippen molar-refractivity contribution in [2.45, 2.75) is 11.1 Å². The minimum atomic E-state index is -4.04. The van der Waals surface area contributed by atoms with Crippen molar-refractivity contribution in [2.24, 2.45) is 0 Å². The maximum Gasteiger partial charge on any atom is 0.323 e. The summed E-state index contributed by atoms with van der Waals surface area (Å²) in [6.45, 7) is 0.436. The number of hydrogen-bond acceptors (Lipinski definition) is 6. The molecule has 106 valence electrons. The molecule has 0 radical (unpaired) electrons. The van der Waals surface area contributed by atoms with Crippen molar-refractivity contribution in [2.75, 3.05) is 19.6 Å². The molecule has 1 aromatic rings. The maximum absolute atomic E-state index is 12.4. The van der Waals surface area contributed by atoms with Crippen LogP contribution in [0.15, 0.2) is 23.4 Å². The number of piperazine rings is 1. The third kappa shape index (κ3) is 2.62. The SMILES string of the molecule is N#Cc1ccnc(S(=O)(=O)N2CCNC[C@H]2C(=O)O)c1. The molecule has 0 aliphatic carbocycles. The molecule has 1 aromatic heterocycles. The molecule has 0 amide bonds. The van der Waals surface area contributed by atoms with Crippen molar-refractivity contribution in [3.05, 3.63) is 23.9 Å². The molecular weight excluding hydrogens is 284 g/mol. The zero-order chi connectivity index (χ0) is 14.8. The van der Waals surface area contributed by atoms with E-state index >= 15 is 0 Å². The minimum Gasteiger partial charge on any atom is -0.480 e. The van der Waals surface area contributed by atoms with E-state index in [-0.39, 0.29) is 23.7 Å². The van der Waals surface area contributed by atoms with E-state index in [9.17, 15) is 13.2 Å². The van der Waals surface area contributed by atoms with E-state index in [0.717, 1.165) is 10.4 Å². The second kappa shape index (κ2) is 5.54. The van der Waals surface area contributed by atoms with Gasteiger partial charge in [-0.25, -0.2) is 13.4 Å². The predicted octanol–water partition coefficient (Wildman–Crippen LogP) is -1.000. The summed E-state index contributed by atoms with van der Waals surface area (Å²) >= 11 is 0. The maximum atomic E-state index is 12.4. The highest BCUT2D eigenvalue weighted by atomic mass is 32.2. The summed E-state index contributed by atoms with van der Waals surface area (Å²) in [5.41, 5.74) is 0.153. The van der Waals surface area contributed by atoms with E-state index in [0.29, 0.717) is 6.54 Å². The lowest BCUT2D eigenvalue weighted by Crippen LogP contribution is -2.56. The van der Waals surface area contributed by atoms with Gasteiger partial charge in [0.15, 0.2) is 5.03 Å². The number of carboxylic acids is 1. The van der Waals surface area contributed by atoms with Crippen LogP contribution in [0.4, 0.5) is 0 Å². The van der Waals surface area contributed by atoms with E-state index < -0.39 is 22.0 Å². The summed E-state index contributed by atoms with van der Waals surface area (Å²) in [4.78, 5) is 14.9. The van der Waals surface area contributed by atoms with Gasteiger partial charge in [-0.1, -0.05) is 0 Å². The highest BCUT2D eigenvalue weighted by Gasteiger charge is 2.38. The van der Waals surface area contributed by atoms with Crippen molar-refractivity contribution in [1.29, 1.82) is 5.26 Å². The number of carbonyl (C=O) groups is 1. The van der Waals surface area contributed by atoms with Gasteiger partial charge in [-0.3, -0.25) is 4.79 Å². The first-order chi connectivity index (χ1) is 9.46. The molecule has 1 atom stereocenters. The summed E-state index contributed by atoms with van der Waals surface area (Å²) in [6, 6.07) is 3.16. The number of pyridine rings is 1. The largest absolute Gasteiger partial charge is 0.480 e. The molecule has 0 saturated carbocycles. The Balaban J connectivity index is 2.42. The van der Waals surface area contributed by atoms with Crippen LogP contribution in [0.1, 0.15) is 5.56 Å². The summed E-state index contributed by atoms with van der Waals surface area (Å²) in [6.07, 6.45) is 1.21. The average molecular weight is 296 g/mol. The number of hydrogen-bond donors (Lipinski definition) is 2. The fourth-order valence-electron chi connectivity index (χ4n) is 1.92. The monoisotopic (exact) mass is 296 g/mol. The smallest absolute Gasteiger partial charge is 0.323 e. The highest BCUT2D eigenvalue weighted by molar-refractivity contribution is 7.89. The third-order valence-corrected chi connectivity index (χ3v) is 4.72. The molecule has 9 heteroatoms. The van der Waals surface area contributed by atoms with Gasteiger partial charge in [0.2, 0.25) is 0 Å². The molecule has 0 aromatic carbocycles. The fourth-order valence-corrected chi connectivity index (χ4v) is 3.47.